The average molecular weight is 556 g/mol. The number of nitrogens with one attached hydrogen (secondary N) is 2. The zero-order valence-corrected chi connectivity index (χ0v) is 23.4. The summed E-state index contributed by atoms with van der Waals surface area (Å²) in [6.07, 6.45) is 0.843. The molecular formula is C28H33N3O5S2. The lowest BCUT2D eigenvalue weighted by Gasteiger charge is -2.30. The van der Waals surface area contributed by atoms with Gasteiger partial charge < -0.3 is 5.32 Å². The quantitative estimate of drug-likeness (QED) is 0.422. The summed E-state index contributed by atoms with van der Waals surface area (Å²) in [7, 11) is -7.27. The lowest BCUT2D eigenvalue weighted by atomic mass is 9.97. The number of hydrogen-bond donors (Lipinski definition) is 2. The van der Waals surface area contributed by atoms with Crippen LogP contribution in [0.4, 0.5) is 11.4 Å². The van der Waals surface area contributed by atoms with E-state index in [9.17, 15) is 21.6 Å². The Morgan fingerprint density at radius 3 is 2.00 bits per heavy atom. The maximum absolute atomic E-state index is 12.9. The molecule has 0 aliphatic carbocycles. The second-order valence-electron chi connectivity index (χ2n) is 9.74. The molecule has 0 aromatic heterocycles. The summed E-state index contributed by atoms with van der Waals surface area (Å²) < 4.78 is 55.7. The number of sulfonamides is 2. The summed E-state index contributed by atoms with van der Waals surface area (Å²) in [5.41, 5.74) is 4.40. The summed E-state index contributed by atoms with van der Waals surface area (Å²) >= 11 is 0. The highest BCUT2D eigenvalue weighted by molar-refractivity contribution is 7.92. The van der Waals surface area contributed by atoms with E-state index in [0.29, 0.717) is 24.2 Å². The molecule has 8 nitrogen and oxygen atoms in total. The van der Waals surface area contributed by atoms with Crippen molar-refractivity contribution in [3.05, 3.63) is 89.0 Å². The summed E-state index contributed by atoms with van der Waals surface area (Å²) in [5.74, 6) is -0.580. The van der Waals surface area contributed by atoms with E-state index >= 15 is 0 Å². The molecule has 0 bridgehead atoms. The van der Waals surface area contributed by atoms with Gasteiger partial charge in [0.2, 0.25) is 15.9 Å². The van der Waals surface area contributed by atoms with Crippen molar-refractivity contribution in [2.45, 2.75) is 44.3 Å². The Morgan fingerprint density at radius 1 is 0.816 bits per heavy atom. The van der Waals surface area contributed by atoms with Gasteiger partial charge in [-0.2, -0.15) is 0 Å². The minimum Gasteiger partial charge on any atom is -0.326 e. The van der Waals surface area contributed by atoms with Gasteiger partial charge in [-0.15, -0.1) is 0 Å². The zero-order chi connectivity index (χ0) is 27.5. The minimum absolute atomic E-state index is 0.0515. The predicted molar refractivity (Wildman–Crippen MR) is 150 cm³/mol. The van der Waals surface area contributed by atoms with Gasteiger partial charge in [0, 0.05) is 24.7 Å². The highest BCUT2D eigenvalue weighted by Crippen LogP contribution is 2.26. The van der Waals surface area contributed by atoms with Crippen LogP contribution in [-0.2, 0) is 30.6 Å². The third-order valence-corrected chi connectivity index (χ3v) is 10.2. The Kier molecular flexibility index (Phi) is 8.25. The van der Waals surface area contributed by atoms with Crippen LogP contribution in [0.3, 0.4) is 0 Å². The van der Waals surface area contributed by atoms with E-state index in [4.69, 9.17) is 0 Å². The maximum atomic E-state index is 12.9. The molecule has 4 rings (SSSR count). The number of amides is 1. The Morgan fingerprint density at radius 2 is 1.39 bits per heavy atom. The second kappa shape index (κ2) is 11.3. The molecule has 0 radical (unpaired) electrons. The molecule has 0 atom stereocenters. The average Bonchev–Trinajstić information content (AvgIpc) is 2.88. The van der Waals surface area contributed by atoms with E-state index in [0.717, 1.165) is 22.3 Å². The topological polar surface area (TPSA) is 113 Å². The molecule has 202 valence electrons. The van der Waals surface area contributed by atoms with Crippen molar-refractivity contribution >= 4 is 37.3 Å². The molecule has 38 heavy (non-hydrogen) atoms. The van der Waals surface area contributed by atoms with Crippen LogP contribution in [0.15, 0.2) is 71.6 Å². The first-order chi connectivity index (χ1) is 18.0. The molecule has 0 saturated carbocycles. The molecule has 0 unspecified atom stereocenters. The van der Waals surface area contributed by atoms with E-state index in [-0.39, 0.29) is 35.6 Å². The smallest absolute Gasteiger partial charge is 0.261 e. The Labute approximate surface area is 225 Å². The van der Waals surface area contributed by atoms with Crippen molar-refractivity contribution in [1.29, 1.82) is 0 Å². The second-order valence-corrected chi connectivity index (χ2v) is 13.4. The first-order valence-electron chi connectivity index (χ1n) is 12.5. The normalized spacial score (nSPS) is 15.2. The number of carbonyl (C=O) groups excluding carboxylic acids is 1. The molecule has 10 heteroatoms. The highest BCUT2D eigenvalue weighted by Gasteiger charge is 2.31. The molecule has 1 heterocycles. The fraction of sp³-hybridized carbons (Fsp3) is 0.321. The standard InChI is InChI=1S/C28H33N3O5S2/c1-20-7-4-5-10-24(20)19-37(33,34)31-17-15-23(16-18-31)28(32)29-25-11-13-26(14-12-25)38(35,36)30-27-21(2)8-6-9-22(27)3/h4-14,23,30H,15-19H2,1-3H3,(H,29,32). The van der Waals surface area contributed by atoms with Gasteiger partial charge in [0.05, 0.1) is 16.3 Å². The van der Waals surface area contributed by atoms with Crippen LogP contribution in [-0.4, -0.2) is 40.1 Å². The molecule has 1 amide bonds. The number of aryl methyl sites for hydroxylation is 3. The number of piperidine rings is 1. The van der Waals surface area contributed by atoms with E-state index in [2.05, 4.69) is 10.0 Å². The maximum Gasteiger partial charge on any atom is 0.261 e. The van der Waals surface area contributed by atoms with Gasteiger partial charge in [0.25, 0.3) is 10.0 Å². The fourth-order valence-corrected chi connectivity index (χ4v) is 7.46. The molecule has 1 fully saturated rings. The lowest BCUT2D eigenvalue weighted by Crippen LogP contribution is -2.41. The van der Waals surface area contributed by atoms with Crippen LogP contribution in [0.1, 0.15) is 35.1 Å². The highest BCUT2D eigenvalue weighted by atomic mass is 32.2. The van der Waals surface area contributed by atoms with Crippen LogP contribution < -0.4 is 10.0 Å². The third kappa shape index (κ3) is 6.43. The van der Waals surface area contributed by atoms with E-state index < -0.39 is 20.0 Å². The number of anilines is 2. The number of benzene rings is 3. The first kappa shape index (κ1) is 27.8. The SMILES string of the molecule is Cc1ccccc1CS(=O)(=O)N1CCC(C(=O)Nc2ccc(S(=O)(=O)Nc3c(C)cccc3C)cc2)CC1. The largest absolute Gasteiger partial charge is 0.326 e. The van der Waals surface area contributed by atoms with Crippen molar-refractivity contribution in [2.24, 2.45) is 5.92 Å². The van der Waals surface area contributed by atoms with Gasteiger partial charge in [-0.1, -0.05) is 42.5 Å². The van der Waals surface area contributed by atoms with Gasteiger partial charge in [0.1, 0.15) is 0 Å². The van der Waals surface area contributed by atoms with Crippen molar-refractivity contribution in [3.63, 3.8) is 0 Å². The number of rotatable bonds is 8. The van der Waals surface area contributed by atoms with Crippen LogP contribution >= 0.6 is 0 Å². The molecule has 3 aromatic rings. The van der Waals surface area contributed by atoms with Gasteiger partial charge >= 0.3 is 0 Å². The van der Waals surface area contributed by atoms with Crippen molar-refractivity contribution < 1.29 is 21.6 Å². The van der Waals surface area contributed by atoms with Crippen LogP contribution in [0.5, 0.6) is 0 Å². The Bertz CT molecular complexity index is 1510. The first-order valence-corrected chi connectivity index (χ1v) is 15.6. The summed E-state index contributed by atoms with van der Waals surface area (Å²) in [6, 6.07) is 19.0. The Balaban J connectivity index is 1.34. The molecule has 0 spiro atoms. The molecule has 3 aromatic carbocycles. The van der Waals surface area contributed by atoms with Crippen LogP contribution in [0.2, 0.25) is 0 Å². The molecular weight excluding hydrogens is 522 g/mol. The van der Waals surface area contributed by atoms with E-state index in [1.807, 2.05) is 63.2 Å². The van der Waals surface area contributed by atoms with Crippen LogP contribution in [0.25, 0.3) is 0 Å². The fourth-order valence-electron chi connectivity index (χ4n) is 4.59. The van der Waals surface area contributed by atoms with Crippen LogP contribution in [0, 0.1) is 26.7 Å². The monoisotopic (exact) mass is 555 g/mol. The summed E-state index contributed by atoms with van der Waals surface area (Å²) in [6.45, 7) is 6.15. The third-order valence-electron chi connectivity index (χ3n) is 6.97. The van der Waals surface area contributed by atoms with E-state index in [1.165, 1.54) is 16.4 Å². The summed E-state index contributed by atoms with van der Waals surface area (Å²) in [5, 5.41) is 2.84. The molecule has 1 saturated heterocycles. The van der Waals surface area contributed by atoms with Gasteiger partial charge in [-0.05, 0) is 80.1 Å². The number of nitrogens with zero attached hydrogens (tertiary/aromatic N) is 1. The van der Waals surface area contributed by atoms with Crippen molar-refractivity contribution in [2.75, 3.05) is 23.1 Å². The van der Waals surface area contributed by atoms with Gasteiger partial charge in [0.15, 0.2) is 0 Å². The van der Waals surface area contributed by atoms with Gasteiger partial charge in [-0.3, -0.25) is 9.52 Å². The predicted octanol–water partition coefficient (Wildman–Crippen LogP) is 4.59. The lowest BCUT2D eigenvalue weighted by molar-refractivity contribution is -0.120. The van der Waals surface area contributed by atoms with Gasteiger partial charge in [-0.25, -0.2) is 21.1 Å². The molecule has 2 N–H and O–H groups in total. The number of para-hydroxylation sites is 1. The van der Waals surface area contributed by atoms with Crippen molar-refractivity contribution in [3.8, 4) is 0 Å². The number of carbonyl (C=O) groups is 1. The zero-order valence-electron chi connectivity index (χ0n) is 21.8. The van der Waals surface area contributed by atoms with Crippen molar-refractivity contribution in [1.82, 2.24) is 4.31 Å². The Hall–Kier alpha value is -3.21. The molecule has 1 aliphatic rings. The molecule has 1 aliphatic heterocycles. The minimum atomic E-state index is -3.79. The summed E-state index contributed by atoms with van der Waals surface area (Å²) in [4.78, 5) is 12.9. The van der Waals surface area contributed by atoms with E-state index in [1.54, 1.807) is 12.1 Å². The number of hydrogen-bond acceptors (Lipinski definition) is 5.